The fourth-order valence-corrected chi connectivity index (χ4v) is 4.53. The maximum Gasteiger partial charge on any atom is 0.416 e. The van der Waals surface area contributed by atoms with Crippen molar-refractivity contribution in [1.29, 1.82) is 0 Å². The van der Waals surface area contributed by atoms with Crippen LogP contribution in [-0.2, 0) is 12.7 Å². The molecule has 0 bridgehead atoms. The molecule has 1 atom stereocenters. The number of aryl methyl sites for hydroxylation is 2. The molecule has 0 spiro atoms. The molecule has 4 rings (SSSR count). The minimum Gasteiger partial charge on any atom is -0.303 e. The van der Waals surface area contributed by atoms with E-state index in [0.717, 1.165) is 19.0 Å². The number of carbonyl (C=O) groups excluding carboxylic acids is 1. The lowest BCUT2D eigenvalue weighted by atomic mass is 9.96. The molecular weight excluding hydrogens is 459 g/mol. The first-order valence-corrected chi connectivity index (χ1v) is 11.5. The molecule has 2 heterocycles. The Morgan fingerprint density at radius 1 is 1.03 bits per heavy atom. The Balaban J connectivity index is 1.41. The number of halogens is 3. The van der Waals surface area contributed by atoms with E-state index >= 15 is 0 Å². The molecule has 1 aliphatic heterocycles. The van der Waals surface area contributed by atoms with Gasteiger partial charge in [0.25, 0.3) is 11.5 Å². The van der Waals surface area contributed by atoms with Crippen molar-refractivity contribution in [3.63, 3.8) is 0 Å². The predicted octanol–water partition coefficient (Wildman–Crippen LogP) is 3.91. The van der Waals surface area contributed by atoms with Crippen LogP contribution in [0.25, 0.3) is 0 Å². The summed E-state index contributed by atoms with van der Waals surface area (Å²) in [7, 11) is 0. The van der Waals surface area contributed by atoms with Crippen molar-refractivity contribution >= 4 is 5.91 Å². The van der Waals surface area contributed by atoms with Crippen LogP contribution in [0.2, 0.25) is 0 Å². The lowest BCUT2D eigenvalue weighted by molar-refractivity contribution is -0.137. The predicted molar refractivity (Wildman–Crippen MR) is 126 cm³/mol. The molecule has 35 heavy (non-hydrogen) atoms. The van der Waals surface area contributed by atoms with E-state index in [1.165, 1.54) is 22.9 Å². The topological polar surface area (TPSA) is 64.3 Å². The number of likely N-dealkylation sites (tertiary alicyclic amines) is 1. The molecule has 0 radical (unpaired) electrons. The van der Waals surface area contributed by atoms with Crippen LogP contribution in [0, 0.1) is 6.92 Å². The molecule has 2 aromatic carbocycles. The highest BCUT2D eigenvalue weighted by Gasteiger charge is 2.32. The largest absolute Gasteiger partial charge is 0.416 e. The van der Waals surface area contributed by atoms with Crippen LogP contribution in [0.5, 0.6) is 0 Å². The molecule has 1 aliphatic rings. The van der Waals surface area contributed by atoms with Gasteiger partial charge in [0.1, 0.15) is 0 Å². The highest BCUT2D eigenvalue weighted by Crippen LogP contribution is 2.33. The van der Waals surface area contributed by atoms with Gasteiger partial charge in [0.05, 0.1) is 5.56 Å². The quantitative estimate of drug-likeness (QED) is 0.531. The first kappa shape index (κ1) is 24.7. The number of aromatic nitrogens is 2. The zero-order valence-electron chi connectivity index (χ0n) is 19.3. The Morgan fingerprint density at radius 2 is 1.77 bits per heavy atom. The van der Waals surface area contributed by atoms with Crippen molar-refractivity contribution < 1.29 is 18.0 Å². The van der Waals surface area contributed by atoms with Gasteiger partial charge in [-0.15, -0.1) is 0 Å². The molecule has 0 saturated carbocycles. The lowest BCUT2D eigenvalue weighted by Gasteiger charge is -2.17. The molecule has 0 amide bonds. The third kappa shape index (κ3) is 5.45. The molecule has 9 heteroatoms. The van der Waals surface area contributed by atoms with E-state index in [4.69, 9.17) is 0 Å². The second-order valence-electron chi connectivity index (χ2n) is 8.86. The molecule has 1 fully saturated rings. The molecule has 184 valence electrons. The summed E-state index contributed by atoms with van der Waals surface area (Å²) in [5, 5.41) is 0. The summed E-state index contributed by atoms with van der Waals surface area (Å²) in [6.45, 7) is 3.91. The summed E-state index contributed by atoms with van der Waals surface area (Å²) in [6.07, 6.45) is -1.55. The van der Waals surface area contributed by atoms with E-state index in [9.17, 15) is 27.6 Å². The van der Waals surface area contributed by atoms with Crippen LogP contribution in [0.1, 0.15) is 45.8 Å². The maximum absolute atomic E-state index is 13.0. The van der Waals surface area contributed by atoms with Gasteiger partial charge in [0.15, 0.2) is 0 Å². The summed E-state index contributed by atoms with van der Waals surface area (Å²) in [6, 6.07) is 13.7. The van der Waals surface area contributed by atoms with Crippen LogP contribution in [0.4, 0.5) is 13.2 Å². The Bertz CT molecular complexity index is 1330. The van der Waals surface area contributed by atoms with E-state index in [0.29, 0.717) is 41.7 Å². The smallest absolute Gasteiger partial charge is 0.303 e. The van der Waals surface area contributed by atoms with Gasteiger partial charge in [-0.3, -0.25) is 14.2 Å². The Morgan fingerprint density at radius 3 is 2.49 bits per heavy atom. The molecule has 0 N–H and O–H groups in total. The van der Waals surface area contributed by atoms with Gasteiger partial charge in [0.2, 0.25) is 0 Å². The van der Waals surface area contributed by atoms with Crippen LogP contribution in [-0.4, -0.2) is 39.6 Å². The Labute approximate surface area is 200 Å². The van der Waals surface area contributed by atoms with Crippen molar-refractivity contribution in [2.75, 3.05) is 19.6 Å². The minimum atomic E-state index is -4.36. The lowest BCUT2D eigenvalue weighted by Crippen LogP contribution is -2.44. The molecule has 6 nitrogen and oxygen atoms in total. The Kier molecular flexibility index (Phi) is 7.07. The van der Waals surface area contributed by atoms with Gasteiger partial charge >= 0.3 is 11.9 Å². The average Bonchev–Trinajstić information content (AvgIpc) is 3.31. The summed E-state index contributed by atoms with van der Waals surface area (Å²) >= 11 is 0. The van der Waals surface area contributed by atoms with Gasteiger partial charge in [0, 0.05) is 30.4 Å². The fourth-order valence-electron chi connectivity index (χ4n) is 4.53. The fraction of sp³-hybridized carbons (Fsp3) is 0.346. The summed E-state index contributed by atoms with van der Waals surface area (Å²) in [5.41, 5.74) is -0.730. The molecule has 1 aromatic heterocycles. The minimum absolute atomic E-state index is 0.0210. The number of hydrogen-bond acceptors (Lipinski definition) is 4. The number of nitrogens with zero attached hydrogens (tertiary/aromatic N) is 3. The van der Waals surface area contributed by atoms with E-state index < -0.39 is 28.9 Å². The van der Waals surface area contributed by atoms with Gasteiger partial charge in [-0.1, -0.05) is 36.4 Å². The van der Waals surface area contributed by atoms with Crippen molar-refractivity contribution in [2.24, 2.45) is 0 Å². The second-order valence-corrected chi connectivity index (χ2v) is 8.86. The number of carbonyl (C=O) groups is 1. The van der Waals surface area contributed by atoms with Crippen LogP contribution >= 0.6 is 0 Å². The van der Waals surface area contributed by atoms with Crippen molar-refractivity contribution in [3.05, 3.63) is 104 Å². The van der Waals surface area contributed by atoms with E-state index in [1.807, 2.05) is 0 Å². The number of alkyl halides is 3. The van der Waals surface area contributed by atoms with Crippen LogP contribution in [0.15, 0.2) is 70.4 Å². The summed E-state index contributed by atoms with van der Waals surface area (Å²) < 4.78 is 41.2. The zero-order valence-corrected chi connectivity index (χ0v) is 19.3. The van der Waals surface area contributed by atoms with Crippen molar-refractivity contribution in [2.45, 2.75) is 38.4 Å². The molecule has 0 aliphatic carbocycles. The Hall–Kier alpha value is -3.46. The normalized spacial score (nSPS) is 16.5. The number of hydrogen-bond donors (Lipinski definition) is 0. The molecule has 0 unspecified atom stereocenters. The van der Waals surface area contributed by atoms with Crippen molar-refractivity contribution in [3.8, 4) is 0 Å². The van der Waals surface area contributed by atoms with E-state index in [2.05, 4.69) is 4.90 Å². The molecule has 1 saturated heterocycles. The monoisotopic (exact) mass is 485 g/mol. The van der Waals surface area contributed by atoms with Gasteiger partial charge < -0.3 is 4.90 Å². The SMILES string of the molecule is Cc1cn(CCCN2CC[C@@H](c3cccc(C(F)(F)F)c3)C2)c(=O)n(C(=O)c2ccccc2)c1=O. The maximum atomic E-state index is 13.0. The first-order valence-electron chi connectivity index (χ1n) is 11.5. The third-order valence-electron chi connectivity index (χ3n) is 6.38. The van der Waals surface area contributed by atoms with Gasteiger partial charge in [-0.2, -0.15) is 17.7 Å². The first-order chi connectivity index (χ1) is 16.6. The second kappa shape index (κ2) is 10.0. The van der Waals surface area contributed by atoms with E-state index in [-0.39, 0.29) is 11.5 Å². The molecular formula is C26H26F3N3O3. The highest BCUT2D eigenvalue weighted by atomic mass is 19.4. The van der Waals surface area contributed by atoms with Crippen LogP contribution in [0.3, 0.4) is 0 Å². The summed E-state index contributed by atoms with van der Waals surface area (Å²) in [4.78, 5) is 40.4. The number of benzene rings is 2. The standard InChI is InChI=1S/C26H26F3N3O3/c1-18-16-31(25(35)32(23(18)33)24(34)19-7-3-2-4-8-19)13-6-12-30-14-11-21(17-30)20-9-5-10-22(15-20)26(27,28)29/h2-5,7-10,15-16,21H,6,11-14,17H2,1H3/t21-/m1/s1. The highest BCUT2D eigenvalue weighted by molar-refractivity contribution is 5.95. The van der Waals surface area contributed by atoms with Crippen LogP contribution < -0.4 is 11.2 Å². The van der Waals surface area contributed by atoms with Gasteiger partial charge in [-0.25, -0.2) is 4.79 Å². The molecule has 3 aromatic rings. The average molecular weight is 486 g/mol. The summed E-state index contributed by atoms with van der Waals surface area (Å²) in [5.74, 6) is -0.644. The third-order valence-corrected chi connectivity index (χ3v) is 6.38. The zero-order chi connectivity index (χ0) is 25.2. The van der Waals surface area contributed by atoms with Crippen molar-refractivity contribution in [1.82, 2.24) is 14.0 Å². The van der Waals surface area contributed by atoms with Gasteiger partial charge in [-0.05, 0) is 62.5 Å². The van der Waals surface area contributed by atoms with E-state index in [1.54, 1.807) is 43.3 Å². The number of rotatable bonds is 6.